The van der Waals surface area contributed by atoms with E-state index in [0.717, 1.165) is 0 Å². The molecular formula is C16H18OSi. The highest BCUT2D eigenvalue weighted by Gasteiger charge is 2.40. The number of aryl methyl sites for hydroxylation is 1. The van der Waals surface area contributed by atoms with E-state index in [9.17, 15) is 0 Å². The molecule has 2 aromatic carbocycles. The van der Waals surface area contributed by atoms with Gasteiger partial charge in [-0.15, -0.1) is 0 Å². The molecule has 18 heavy (non-hydrogen) atoms. The van der Waals surface area contributed by atoms with Crippen LogP contribution in [0.5, 0.6) is 0 Å². The number of hydrogen-bond acceptors (Lipinski definition) is 1. The molecule has 2 aromatic rings. The molecule has 0 saturated heterocycles. The van der Waals surface area contributed by atoms with Crippen LogP contribution in [0, 0.1) is 6.92 Å². The van der Waals surface area contributed by atoms with E-state index in [2.05, 4.69) is 68.5 Å². The molecule has 1 heterocycles. The largest absolute Gasteiger partial charge is 0.402 e. The maximum absolute atomic E-state index is 6.40. The standard InChI is InChI=1S/C16H18OSi/c1-12-7-6-8-13(11-12)16-14-9-4-5-10-15(14)18(2,3)17-16/h4-11,16H,1-3H3/t16-/m1/s1. The maximum atomic E-state index is 6.40. The Balaban J connectivity index is 2.11. The third kappa shape index (κ3) is 1.82. The zero-order valence-corrected chi connectivity index (χ0v) is 12.1. The van der Waals surface area contributed by atoms with Crippen LogP contribution in [0.15, 0.2) is 48.5 Å². The van der Waals surface area contributed by atoms with Gasteiger partial charge in [0.15, 0.2) is 0 Å². The van der Waals surface area contributed by atoms with E-state index in [4.69, 9.17) is 4.43 Å². The van der Waals surface area contributed by atoms with E-state index in [1.54, 1.807) is 0 Å². The zero-order chi connectivity index (χ0) is 12.8. The molecule has 0 amide bonds. The third-order valence-electron chi connectivity index (χ3n) is 3.65. The summed E-state index contributed by atoms with van der Waals surface area (Å²) in [7, 11) is -1.72. The minimum atomic E-state index is -1.72. The second kappa shape index (κ2) is 4.07. The summed E-state index contributed by atoms with van der Waals surface area (Å²) < 4.78 is 6.40. The molecule has 0 radical (unpaired) electrons. The van der Waals surface area contributed by atoms with Gasteiger partial charge in [0.2, 0.25) is 8.32 Å². The topological polar surface area (TPSA) is 9.23 Å². The smallest absolute Gasteiger partial charge is 0.219 e. The summed E-state index contributed by atoms with van der Waals surface area (Å²) in [5, 5.41) is 1.44. The van der Waals surface area contributed by atoms with Crippen LogP contribution < -0.4 is 5.19 Å². The monoisotopic (exact) mass is 254 g/mol. The van der Waals surface area contributed by atoms with Gasteiger partial charge in [-0.2, -0.15) is 0 Å². The second-order valence-electron chi connectivity index (χ2n) is 5.51. The lowest BCUT2D eigenvalue weighted by molar-refractivity contribution is 0.259. The van der Waals surface area contributed by atoms with Crippen LogP contribution >= 0.6 is 0 Å². The Morgan fingerprint density at radius 1 is 1.00 bits per heavy atom. The summed E-state index contributed by atoms with van der Waals surface area (Å²) in [5.41, 5.74) is 3.93. The Morgan fingerprint density at radius 3 is 2.56 bits per heavy atom. The minimum absolute atomic E-state index is 0.128. The summed E-state index contributed by atoms with van der Waals surface area (Å²) in [4.78, 5) is 0. The van der Waals surface area contributed by atoms with Crippen LogP contribution in [-0.4, -0.2) is 8.32 Å². The molecule has 0 N–H and O–H groups in total. The summed E-state index contributed by atoms with van der Waals surface area (Å²) in [5.74, 6) is 0. The van der Waals surface area contributed by atoms with E-state index in [1.807, 2.05) is 0 Å². The van der Waals surface area contributed by atoms with Crippen LogP contribution in [0.3, 0.4) is 0 Å². The van der Waals surface area contributed by atoms with Gasteiger partial charge in [0, 0.05) is 0 Å². The van der Waals surface area contributed by atoms with Crippen molar-refractivity contribution in [3.63, 3.8) is 0 Å². The first kappa shape index (κ1) is 11.7. The highest BCUT2D eigenvalue weighted by Crippen LogP contribution is 2.35. The summed E-state index contributed by atoms with van der Waals surface area (Å²) in [6, 6.07) is 17.3. The molecule has 2 heteroatoms. The van der Waals surface area contributed by atoms with Gasteiger partial charge in [0.25, 0.3) is 0 Å². The van der Waals surface area contributed by atoms with E-state index in [0.29, 0.717) is 0 Å². The van der Waals surface area contributed by atoms with Gasteiger partial charge in [-0.25, -0.2) is 0 Å². The lowest BCUT2D eigenvalue weighted by atomic mass is 10.0. The molecule has 1 atom stereocenters. The SMILES string of the molecule is Cc1cccc([C@H]2O[Si](C)(C)c3ccccc32)c1. The van der Waals surface area contributed by atoms with Gasteiger partial charge in [-0.3, -0.25) is 0 Å². The van der Waals surface area contributed by atoms with Crippen LogP contribution in [0.4, 0.5) is 0 Å². The summed E-state index contributed by atoms with van der Waals surface area (Å²) in [6.07, 6.45) is 0.128. The Kier molecular flexibility index (Phi) is 2.65. The minimum Gasteiger partial charge on any atom is -0.402 e. The summed E-state index contributed by atoms with van der Waals surface area (Å²) in [6.45, 7) is 6.69. The highest BCUT2D eigenvalue weighted by atomic mass is 28.4. The molecule has 1 nitrogen and oxygen atoms in total. The van der Waals surface area contributed by atoms with E-state index in [1.165, 1.54) is 21.9 Å². The van der Waals surface area contributed by atoms with Crippen molar-refractivity contribution in [1.82, 2.24) is 0 Å². The second-order valence-corrected chi connectivity index (χ2v) is 9.30. The quantitative estimate of drug-likeness (QED) is 0.707. The molecule has 0 saturated carbocycles. The fourth-order valence-corrected chi connectivity index (χ4v) is 5.16. The lowest BCUT2D eigenvalue weighted by Crippen LogP contribution is -2.39. The number of fused-ring (bicyclic) bond motifs is 1. The van der Waals surface area contributed by atoms with Gasteiger partial charge in [0.1, 0.15) is 0 Å². The molecule has 0 spiro atoms. The Labute approximate surface area is 110 Å². The van der Waals surface area contributed by atoms with Crippen molar-refractivity contribution < 1.29 is 4.43 Å². The van der Waals surface area contributed by atoms with Crippen LogP contribution in [0.1, 0.15) is 22.8 Å². The first-order valence-electron chi connectivity index (χ1n) is 6.42. The van der Waals surface area contributed by atoms with Gasteiger partial charge in [-0.05, 0) is 36.3 Å². The molecule has 1 aliphatic heterocycles. The molecule has 0 aliphatic carbocycles. The molecule has 0 aromatic heterocycles. The van der Waals surface area contributed by atoms with Crippen LogP contribution in [-0.2, 0) is 4.43 Å². The van der Waals surface area contributed by atoms with Crippen molar-refractivity contribution in [3.05, 3.63) is 65.2 Å². The fraction of sp³-hybridized carbons (Fsp3) is 0.250. The first-order valence-corrected chi connectivity index (χ1v) is 9.32. The van der Waals surface area contributed by atoms with Crippen molar-refractivity contribution in [3.8, 4) is 0 Å². The molecule has 0 unspecified atom stereocenters. The van der Waals surface area contributed by atoms with Crippen molar-refractivity contribution in [2.24, 2.45) is 0 Å². The highest BCUT2D eigenvalue weighted by molar-refractivity contribution is 6.85. The molecule has 0 bridgehead atoms. The van der Waals surface area contributed by atoms with Crippen molar-refractivity contribution in [2.75, 3.05) is 0 Å². The number of benzene rings is 2. The van der Waals surface area contributed by atoms with Crippen molar-refractivity contribution >= 4 is 13.5 Å². The Hall–Kier alpha value is -1.38. The Bertz CT molecular complexity index is 589. The average molecular weight is 254 g/mol. The van der Waals surface area contributed by atoms with Crippen LogP contribution in [0.2, 0.25) is 13.1 Å². The van der Waals surface area contributed by atoms with Gasteiger partial charge in [-0.1, -0.05) is 54.1 Å². The lowest BCUT2D eigenvalue weighted by Gasteiger charge is -2.19. The normalized spacial score (nSPS) is 20.7. The molecule has 0 fully saturated rings. The average Bonchev–Trinajstić information content (AvgIpc) is 2.63. The van der Waals surface area contributed by atoms with E-state index in [-0.39, 0.29) is 6.10 Å². The third-order valence-corrected chi connectivity index (χ3v) is 6.23. The van der Waals surface area contributed by atoms with E-state index < -0.39 is 8.32 Å². The van der Waals surface area contributed by atoms with Crippen LogP contribution in [0.25, 0.3) is 0 Å². The maximum Gasteiger partial charge on any atom is 0.219 e. The number of hydrogen-bond donors (Lipinski definition) is 0. The molecular weight excluding hydrogens is 236 g/mol. The van der Waals surface area contributed by atoms with Gasteiger partial charge >= 0.3 is 0 Å². The first-order chi connectivity index (χ1) is 8.58. The van der Waals surface area contributed by atoms with Gasteiger partial charge in [0.05, 0.1) is 6.10 Å². The predicted molar refractivity (Wildman–Crippen MR) is 77.7 cm³/mol. The van der Waals surface area contributed by atoms with E-state index >= 15 is 0 Å². The Morgan fingerprint density at radius 2 is 1.78 bits per heavy atom. The molecule has 3 rings (SSSR count). The molecule has 1 aliphatic rings. The van der Waals surface area contributed by atoms with Gasteiger partial charge < -0.3 is 4.43 Å². The van der Waals surface area contributed by atoms with Crippen molar-refractivity contribution in [2.45, 2.75) is 26.1 Å². The van der Waals surface area contributed by atoms with Crippen molar-refractivity contribution in [1.29, 1.82) is 0 Å². The summed E-state index contributed by atoms with van der Waals surface area (Å²) >= 11 is 0. The number of rotatable bonds is 1. The fourth-order valence-electron chi connectivity index (χ4n) is 2.78. The predicted octanol–water partition coefficient (Wildman–Crippen LogP) is 3.53. The molecule has 92 valence electrons. The zero-order valence-electron chi connectivity index (χ0n) is 11.1.